The zero-order valence-electron chi connectivity index (χ0n) is 14.1. The maximum Gasteiger partial charge on any atom is 0.368 e. The number of carbonyl (C=O) groups excluding carboxylic acids is 1. The normalized spacial score (nSPS) is 21.6. The Morgan fingerprint density at radius 2 is 1.85 bits per heavy atom. The highest BCUT2D eigenvalue weighted by Crippen LogP contribution is 2.32. The van der Waals surface area contributed by atoms with Crippen LogP contribution in [0, 0.1) is 0 Å². The molecule has 0 radical (unpaired) electrons. The molecule has 0 spiro atoms. The Balaban J connectivity index is 1.54. The molecule has 2 aromatic rings. The Morgan fingerprint density at radius 3 is 2.46 bits per heavy atom. The van der Waals surface area contributed by atoms with Gasteiger partial charge in [0.2, 0.25) is 5.91 Å². The largest absolute Gasteiger partial charge is 0.368 e. The number of aromatic nitrogens is 4. The van der Waals surface area contributed by atoms with E-state index < -0.39 is 15.5 Å². The summed E-state index contributed by atoms with van der Waals surface area (Å²) < 4.78 is 25.7. The van der Waals surface area contributed by atoms with Crippen molar-refractivity contribution in [1.29, 1.82) is 0 Å². The number of benzene rings is 1. The van der Waals surface area contributed by atoms with Crippen molar-refractivity contribution in [3.05, 3.63) is 40.8 Å². The maximum atomic E-state index is 12.8. The zero-order valence-corrected chi connectivity index (χ0v) is 14.9. The minimum atomic E-state index is -3.09. The molecule has 1 aliphatic heterocycles. The molecular formula is C16H19N5O4S. The molecule has 1 aliphatic carbocycles. The summed E-state index contributed by atoms with van der Waals surface area (Å²) in [6.45, 7) is -0.237. The SMILES string of the molecule is O=C(Cn1nnn(-c2ccccc2)c1=O)N(C1CC1)[C@@H]1CCS(=O)(=O)C1. The van der Waals surface area contributed by atoms with Gasteiger partial charge in [-0.3, -0.25) is 4.79 Å². The van der Waals surface area contributed by atoms with Crippen LogP contribution in [0.15, 0.2) is 35.1 Å². The highest BCUT2D eigenvalue weighted by Gasteiger charge is 2.42. The van der Waals surface area contributed by atoms with Crippen molar-refractivity contribution in [2.75, 3.05) is 11.5 Å². The van der Waals surface area contributed by atoms with E-state index in [1.54, 1.807) is 29.2 Å². The first-order valence-corrected chi connectivity index (χ1v) is 10.4. The van der Waals surface area contributed by atoms with Crippen LogP contribution < -0.4 is 5.69 Å². The number of nitrogens with zero attached hydrogens (tertiary/aromatic N) is 5. The number of carbonyl (C=O) groups is 1. The standard InChI is InChI=1S/C16H19N5O4S/c22-15(20(12-6-7-12)14-8-9-26(24,25)11-14)10-19-16(23)21(18-17-19)13-4-2-1-3-5-13/h1-5,12,14H,6-11H2/t14-/m1/s1. The molecule has 0 N–H and O–H groups in total. The summed E-state index contributed by atoms with van der Waals surface area (Å²) in [4.78, 5) is 26.9. The van der Waals surface area contributed by atoms with Crippen LogP contribution in [0.3, 0.4) is 0 Å². The summed E-state index contributed by atoms with van der Waals surface area (Å²) in [5, 5.41) is 7.63. The van der Waals surface area contributed by atoms with Crippen molar-refractivity contribution in [1.82, 2.24) is 24.7 Å². The van der Waals surface area contributed by atoms with E-state index in [4.69, 9.17) is 0 Å². The molecule has 1 saturated carbocycles. The van der Waals surface area contributed by atoms with Crippen molar-refractivity contribution < 1.29 is 13.2 Å². The smallest absolute Gasteiger partial charge is 0.334 e. The fourth-order valence-electron chi connectivity index (χ4n) is 3.37. The van der Waals surface area contributed by atoms with Gasteiger partial charge in [-0.1, -0.05) is 18.2 Å². The molecule has 1 amide bonds. The van der Waals surface area contributed by atoms with Crippen molar-refractivity contribution in [2.24, 2.45) is 0 Å². The first-order valence-electron chi connectivity index (χ1n) is 8.54. The maximum absolute atomic E-state index is 12.8. The fraction of sp³-hybridized carbons (Fsp3) is 0.500. The second kappa shape index (κ2) is 6.35. The van der Waals surface area contributed by atoms with E-state index in [0.29, 0.717) is 12.1 Å². The van der Waals surface area contributed by atoms with Gasteiger partial charge in [-0.25, -0.2) is 13.2 Å². The minimum Gasteiger partial charge on any atom is -0.334 e. The first-order chi connectivity index (χ1) is 12.4. The Hall–Kier alpha value is -2.49. The highest BCUT2D eigenvalue weighted by molar-refractivity contribution is 7.91. The molecule has 138 valence electrons. The quantitative estimate of drug-likeness (QED) is 0.702. The molecule has 1 saturated heterocycles. The summed E-state index contributed by atoms with van der Waals surface area (Å²) in [7, 11) is -3.09. The highest BCUT2D eigenvalue weighted by atomic mass is 32.2. The molecule has 1 atom stereocenters. The summed E-state index contributed by atoms with van der Waals surface area (Å²) >= 11 is 0. The van der Waals surface area contributed by atoms with E-state index in [1.807, 2.05) is 6.07 Å². The molecule has 26 heavy (non-hydrogen) atoms. The summed E-state index contributed by atoms with van der Waals surface area (Å²) in [6, 6.07) is 8.60. The summed E-state index contributed by atoms with van der Waals surface area (Å²) in [5.74, 6) is -0.170. The van der Waals surface area contributed by atoms with Gasteiger partial charge in [-0.2, -0.15) is 9.36 Å². The molecule has 9 nitrogen and oxygen atoms in total. The molecule has 2 aliphatic rings. The predicted octanol–water partition coefficient (Wildman–Crippen LogP) is -0.393. The number of amides is 1. The molecule has 1 aromatic carbocycles. The van der Waals surface area contributed by atoms with Crippen LogP contribution in [-0.4, -0.2) is 62.6 Å². The molecule has 0 bridgehead atoms. The average Bonchev–Trinajstić information content (AvgIpc) is 3.29. The lowest BCUT2D eigenvalue weighted by molar-refractivity contribution is -0.134. The van der Waals surface area contributed by atoms with Gasteiger partial charge in [0.1, 0.15) is 6.54 Å². The van der Waals surface area contributed by atoms with Crippen molar-refractivity contribution in [3.8, 4) is 5.69 Å². The van der Waals surface area contributed by atoms with E-state index >= 15 is 0 Å². The lowest BCUT2D eigenvalue weighted by Crippen LogP contribution is -2.45. The molecule has 1 aromatic heterocycles. The van der Waals surface area contributed by atoms with Crippen LogP contribution in [0.2, 0.25) is 0 Å². The third kappa shape index (κ3) is 3.28. The average molecular weight is 377 g/mol. The zero-order chi connectivity index (χ0) is 18.3. The number of hydrogen-bond donors (Lipinski definition) is 0. The van der Waals surface area contributed by atoms with E-state index in [-0.39, 0.29) is 36.0 Å². The van der Waals surface area contributed by atoms with Crippen molar-refractivity contribution >= 4 is 15.7 Å². The number of para-hydroxylation sites is 1. The Bertz CT molecular complexity index is 978. The van der Waals surface area contributed by atoms with Gasteiger partial charge in [0.15, 0.2) is 9.84 Å². The second-order valence-electron chi connectivity index (χ2n) is 6.76. The summed E-state index contributed by atoms with van der Waals surface area (Å²) in [6.07, 6.45) is 2.19. The van der Waals surface area contributed by atoms with Gasteiger partial charge >= 0.3 is 5.69 Å². The van der Waals surface area contributed by atoms with Gasteiger partial charge in [-0.15, -0.1) is 0 Å². The number of rotatable bonds is 5. The fourth-order valence-corrected chi connectivity index (χ4v) is 5.08. The van der Waals surface area contributed by atoms with E-state index in [0.717, 1.165) is 22.2 Å². The van der Waals surface area contributed by atoms with Crippen molar-refractivity contribution in [2.45, 2.75) is 37.9 Å². The van der Waals surface area contributed by atoms with Gasteiger partial charge in [0, 0.05) is 12.1 Å². The monoisotopic (exact) mass is 377 g/mol. The van der Waals surface area contributed by atoms with Crippen LogP contribution in [0.4, 0.5) is 0 Å². The molecule has 4 rings (SSSR count). The van der Waals surface area contributed by atoms with Crippen LogP contribution >= 0.6 is 0 Å². The summed E-state index contributed by atoms with van der Waals surface area (Å²) in [5.41, 5.74) is 0.0662. The van der Waals surface area contributed by atoms with Gasteiger partial charge in [-0.05, 0) is 41.8 Å². The molecule has 0 unspecified atom stereocenters. The third-order valence-electron chi connectivity index (χ3n) is 4.76. The second-order valence-corrected chi connectivity index (χ2v) is 8.98. The van der Waals surface area contributed by atoms with E-state index in [2.05, 4.69) is 10.4 Å². The van der Waals surface area contributed by atoms with E-state index in [9.17, 15) is 18.0 Å². The lowest BCUT2D eigenvalue weighted by atomic mass is 10.2. The number of hydrogen-bond acceptors (Lipinski definition) is 6. The topological polar surface area (TPSA) is 107 Å². The van der Waals surface area contributed by atoms with Crippen molar-refractivity contribution in [3.63, 3.8) is 0 Å². The Morgan fingerprint density at radius 1 is 1.12 bits per heavy atom. The molecule has 2 heterocycles. The van der Waals surface area contributed by atoms with Crippen LogP contribution in [-0.2, 0) is 21.2 Å². The lowest BCUT2D eigenvalue weighted by Gasteiger charge is -2.28. The van der Waals surface area contributed by atoms with Gasteiger partial charge in [0.25, 0.3) is 0 Å². The minimum absolute atomic E-state index is 0.000838. The first kappa shape index (κ1) is 17.0. The van der Waals surface area contributed by atoms with Gasteiger partial charge < -0.3 is 4.90 Å². The Kier molecular flexibility index (Phi) is 4.14. The molecular weight excluding hydrogens is 358 g/mol. The van der Waals surface area contributed by atoms with E-state index in [1.165, 1.54) is 0 Å². The Labute approximate surface area is 150 Å². The van der Waals surface area contributed by atoms with Gasteiger partial charge in [0.05, 0.1) is 17.2 Å². The number of tetrazole rings is 1. The van der Waals surface area contributed by atoms with Crippen LogP contribution in [0.1, 0.15) is 19.3 Å². The van der Waals surface area contributed by atoms with Crippen LogP contribution in [0.25, 0.3) is 5.69 Å². The molecule has 10 heteroatoms. The number of sulfone groups is 1. The third-order valence-corrected chi connectivity index (χ3v) is 6.51. The molecule has 2 fully saturated rings. The van der Waals surface area contributed by atoms with Crippen LogP contribution in [0.5, 0.6) is 0 Å². The predicted molar refractivity (Wildman–Crippen MR) is 92.5 cm³/mol.